The van der Waals surface area contributed by atoms with Gasteiger partial charge in [-0.15, -0.1) is 0 Å². The molecule has 3 aliphatic rings. The zero-order chi connectivity index (χ0) is 14.3. The van der Waals surface area contributed by atoms with Crippen LogP contribution in [0.5, 0.6) is 5.75 Å². The molecule has 3 atom stereocenters. The average Bonchev–Trinajstić information content (AvgIpc) is 2.92. The van der Waals surface area contributed by atoms with Crippen molar-refractivity contribution in [1.82, 2.24) is 0 Å². The zero-order valence-corrected chi connectivity index (χ0v) is 12.2. The quantitative estimate of drug-likeness (QED) is 0.539. The van der Waals surface area contributed by atoms with Crippen LogP contribution in [-0.2, 0) is 19.9 Å². The SMILES string of the molecule is Cc1ccc2c(c1C)OC(=O)C21OC2(C)CCC1(C)O2. The highest BCUT2D eigenvalue weighted by Crippen LogP contribution is 2.63. The van der Waals surface area contributed by atoms with Crippen molar-refractivity contribution in [3.63, 3.8) is 0 Å². The van der Waals surface area contributed by atoms with E-state index in [0.717, 1.165) is 29.5 Å². The minimum Gasteiger partial charge on any atom is -0.423 e. The number of hydrogen-bond donors (Lipinski definition) is 0. The van der Waals surface area contributed by atoms with Crippen LogP contribution in [-0.4, -0.2) is 17.4 Å². The molecule has 0 saturated carbocycles. The van der Waals surface area contributed by atoms with Gasteiger partial charge in [0.05, 0.1) is 0 Å². The summed E-state index contributed by atoms with van der Waals surface area (Å²) in [5.41, 5.74) is 1.16. The van der Waals surface area contributed by atoms with Gasteiger partial charge in [0.2, 0.25) is 5.60 Å². The molecular formula is C16H18O4. The molecule has 1 aromatic carbocycles. The number of aryl methyl sites for hydroxylation is 1. The summed E-state index contributed by atoms with van der Waals surface area (Å²) in [5, 5.41) is 0. The van der Waals surface area contributed by atoms with E-state index in [1.54, 1.807) is 0 Å². The molecule has 106 valence electrons. The summed E-state index contributed by atoms with van der Waals surface area (Å²) in [4.78, 5) is 12.6. The van der Waals surface area contributed by atoms with Gasteiger partial charge in [0, 0.05) is 12.0 Å². The Morgan fingerprint density at radius 1 is 1.10 bits per heavy atom. The van der Waals surface area contributed by atoms with Gasteiger partial charge >= 0.3 is 5.97 Å². The fraction of sp³-hybridized carbons (Fsp3) is 0.562. The molecule has 2 bridgehead atoms. The Bertz CT molecular complexity index is 652. The lowest BCUT2D eigenvalue weighted by Crippen LogP contribution is -2.52. The summed E-state index contributed by atoms with van der Waals surface area (Å²) in [5.74, 6) is -0.378. The van der Waals surface area contributed by atoms with Gasteiger partial charge in [-0.2, -0.15) is 0 Å². The minimum atomic E-state index is -1.10. The summed E-state index contributed by atoms with van der Waals surface area (Å²) in [6, 6.07) is 3.96. The lowest BCUT2D eigenvalue weighted by molar-refractivity contribution is -0.189. The molecular weight excluding hydrogens is 256 g/mol. The van der Waals surface area contributed by atoms with E-state index in [4.69, 9.17) is 14.2 Å². The highest BCUT2D eigenvalue weighted by molar-refractivity contribution is 5.92. The molecule has 3 aliphatic heterocycles. The number of carbonyl (C=O) groups excluding carboxylic acids is 1. The molecule has 3 heterocycles. The Morgan fingerprint density at radius 3 is 2.45 bits per heavy atom. The fourth-order valence-electron chi connectivity index (χ4n) is 3.87. The third-order valence-corrected chi connectivity index (χ3v) is 5.15. The molecule has 20 heavy (non-hydrogen) atoms. The molecule has 4 rings (SSSR count). The van der Waals surface area contributed by atoms with Crippen molar-refractivity contribution in [3.8, 4) is 5.75 Å². The Labute approximate surface area is 118 Å². The van der Waals surface area contributed by atoms with Gasteiger partial charge in [-0.05, 0) is 45.2 Å². The molecule has 0 amide bonds. The van der Waals surface area contributed by atoms with E-state index in [-0.39, 0.29) is 5.97 Å². The van der Waals surface area contributed by atoms with E-state index in [2.05, 4.69) is 0 Å². The van der Waals surface area contributed by atoms with Crippen LogP contribution in [0.25, 0.3) is 0 Å². The topological polar surface area (TPSA) is 44.8 Å². The van der Waals surface area contributed by atoms with Gasteiger partial charge in [-0.3, -0.25) is 0 Å². The van der Waals surface area contributed by atoms with Gasteiger partial charge < -0.3 is 14.2 Å². The van der Waals surface area contributed by atoms with Gasteiger partial charge in [-0.1, -0.05) is 12.1 Å². The standard InChI is InChI=1S/C16H18O4/c1-9-5-6-11-12(10(9)2)18-13(17)16(11)14(3)7-8-15(4,19-14)20-16/h5-6H,7-8H2,1-4H3. The number of rotatable bonds is 0. The van der Waals surface area contributed by atoms with E-state index in [1.165, 1.54) is 0 Å². The molecule has 4 heteroatoms. The van der Waals surface area contributed by atoms with Crippen LogP contribution in [0, 0.1) is 13.8 Å². The van der Waals surface area contributed by atoms with E-state index in [0.29, 0.717) is 5.75 Å². The zero-order valence-electron chi connectivity index (χ0n) is 12.2. The minimum absolute atomic E-state index is 0.341. The van der Waals surface area contributed by atoms with Crippen molar-refractivity contribution in [2.75, 3.05) is 0 Å². The number of hydrogen-bond acceptors (Lipinski definition) is 4. The fourth-order valence-corrected chi connectivity index (χ4v) is 3.87. The second-order valence-corrected chi connectivity index (χ2v) is 6.52. The highest BCUT2D eigenvalue weighted by Gasteiger charge is 2.74. The van der Waals surface area contributed by atoms with E-state index < -0.39 is 17.0 Å². The predicted molar refractivity (Wildman–Crippen MR) is 71.4 cm³/mol. The van der Waals surface area contributed by atoms with Crippen molar-refractivity contribution >= 4 is 5.97 Å². The van der Waals surface area contributed by atoms with Crippen molar-refractivity contribution in [3.05, 3.63) is 28.8 Å². The van der Waals surface area contributed by atoms with Gasteiger partial charge in [-0.25, -0.2) is 4.79 Å². The first-order chi connectivity index (χ1) is 9.31. The van der Waals surface area contributed by atoms with Crippen LogP contribution >= 0.6 is 0 Å². The Morgan fingerprint density at radius 2 is 1.85 bits per heavy atom. The number of benzene rings is 1. The van der Waals surface area contributed by atoms with Crippen LogP contribution in [0.15, 0.2) is 12.1 Å². The second kappa shape index (κ2) is 3.26. The lowest BCUT2D eigenvalue weighted by atomic mass is 9.75. The van der Waals surface area contributed by atoms with Crippen LogP contribution < -0.4 is 4.74 Å². The number of carbonyl (C=O) groups is 1. The van der Waals surface area contributed by atoms with Gasteiger partial charge in [0.25, 0.3) is 0 Å². The van der Waals surface area contributed by atoms with Crippen LogP contribution in [0.1, 0.15) is 43.4 Å². The Hall–Kier alpha value is -1.39. The number of fused-ring (bicyclic) bond motifs is 5. The molecule has 0 N–H and O–H groups in total. The molecule has 0 radical (unpaired) electrons. The van der Waals surface area contributed by atoms with Gasteiger partial charge in [0.1, 0.15) is 11.4 Å². The molecule has 0 aromatic heterocycles. The first kappa shape index (κ1) is 12.4. The molecule has 1 aromatic rings. The molecule has 2 saturated heterocycles. The maximum absolute atomic E-state index is 12.6. The first-order valence-electron chi connectivity index (χ1n) is 7.05. The third kappa shape index (κ3) is 1.14. The largest absolute Gasteiger partial charge is 0.423 e. The number of ether oxygens (including phenoxy) is 3. The maximum atomic E-state index is 12.6. The summed E-state index contributed by atoms with van der Waals surface area (Å²) in [6.45, 7) is 7.84. The van der Waals surface area contributed by atoms with Crippen LogP contribution in [0.2, 0.25) is 0 Å². The summed E-state index contributed by atoms with van der Waals surface area (Å²) >= 11 is 0. The molecule has 3 unspecified atom stereocenters. The Balaban J connectivity index is 1.99. The molecule has 0 aliphatic carbocycles. The van der Waals surface area contributed by atoms with Crippen LogP contribution in [0.4, 0.5) is 0 Å². The van der Waals surface area contributed by atoms with Crippen molar-refractivity contribution < 1.29 is 19.0 Å². The predicted octanol–water partition coefficient (Wildman–Crippen LogP) is 2.73. The monoisotopic (exact) mass is 274 g/mol. The maximum Gasteiger partial charge on any atom is 0.351 e. The highest BCUT2D eigenvalue weighted by atomic mass is 16.8. The summed E-state index contributed by atoms with van der Waals surface area (Å²) in [6.07, 6.45) is 1.60. The van der Waals surface area contributed by atoms with Crippen molar-refractivity contribution in [2.45, 2.75) is 57.5 Å². The smallest absolute Gasteiger partial charge is 0.351 e. The van der Waals surface area contributed by atoms with Crippen LogP contribution in [0.3, 0.4) is 0 Å². The van der Waals surface area contributed by atoms with Gasteiger partial charge in [0.15, 0.2) is 5.79 Å². The number of esters is 1. The third-order valence-electron chi connectivity index (χ3n) is 5.15. The molecule has 1 spiro atoms. The van der Waals surface area contributed by atoms with Crippen molar-refractivity contribution in [2.24, 2.45) is 0 Å². The first-order valence-corrected chi connectivity index (χ1v) is 7.05. The average molecular weight is 274 g/mol. The summed E-state index contributed by atoms with van der Waals surface area (Å²) < 4.78 is 17.8. The Kier molecular flexibility index (Phi) is 2.01. The molecule has 4 nitrogen and oxygen atoms in total. The lowest BCUT2D eigenvalue weighted by Gasteiger charge is -2.36. The van der Waals surface area contributed by atoms with E-state index in [9.17, 15) is 4.79 Å². The van der Waals surface area contributed by atoms with E-state index in [1.807, 2.05) is 39.8 Å². The molecule has 2 fully saturated rings. The van der Waals surface area contributed by atoms with Crippen molar-refractivity contribution in [1.29, 1.82) is 0 Å². The van der Waals surface area contributed by atoms with E-state index >= 15 is 0 Å². The summed E-state index contributed by atoms with van der Waals surface area (Å²) in [7, 11) is 0. The second-order valence-electron chi connectivity index (χ2n) is 6.52. The normalized spacial score (nSPS) is 41.3.